The predicted octanol–water partition coefficient (Wildman–Crippen LogP) is 3.60. The summed E-state index contributed by atoms with van der Waals surface area (Å²) in [4.78, 5) is 23.0. The molecule has 2 N–H and O–H groups in total. The molecule has 0 atom stereocenters. The lowest BCUT2D eigenvalue weighted by molar-refractivity contribution is 0.0698. The third-order valence-electron chi connectivity index (χ3n) is 2.26. The molecule has 0 aliphatic heterocycles. The van der Waals surface area contributed by atoms with Crippen molar-refractivity contribution in [2.24, 2.45) is 0 Å². The van der Waals surface area contributed by atoms with E-state index < -0.39 is 11.9 Å². The number of hydrogen-bond donors (Lipinski definition) is 2. The molecule has 0 radical (unpaired) electrons. The zero-order valence-corrected chi connectivity index (χ0v) is 13.1. The maximum Gasteiger partial charge on any atom is 0.337 e. The van der Waals surface area contributed by atoms with Crippen LogP contribution in [0.25, 0.3) is 0 Å². The molecule has 19 heavy (non-hydrogen) atoms. The highest BCUT2D eigenvalue weighted by Crippen LogP contribution is 2.21. The van der Waals surface area contributed by atoms with Crippen LogP contribution in [0.1, 0.15) is 20.9 Å². The van der Waals surface area contributed by atoms with E-state index in [9.17, 15) is 9.59 Å². The number of nitrogens with one attached hydrogen (secondary N) is 1. The van der Waals surface area contributed by atoms with Crippen LogP contribution in [-0.2, 0) is 0 Å². The molecule has 0 fully saturated rings. The zero-order chi connectivity index (χ0) is 14.0. The van der Waals surface area contributed by atoms with Gasteiger partial charge in [0.15, 0.2) is 10.4 Å². The average Bonchev–Trinajstić information content (AvgIpc) is 2.78. The van der Waals surface area contributed by atoms with Gasteiger partial charge in [0.1, 0.15) is 0 Å². The summed E-state index contributed by atoms with van der Waals surface area (Å²) in [5.74, 6) is -1.51. The minimum absolute atomic E-state index is 0.0332. The highest BCUT2D eigenvalue weighted by Gasteiger charge is 2.16. The van der Waals surface area contributed by atoms with Crippen molar-refractivity contribution in [2.75, 3.05) is 5.32 Å². The molecule has 0 aliphatic carbocycles. The molecule has 2 rings (SSSR count). The molecular formula is C12H7BrINO4. The van der Waals surface area contributed by atoms with Crippen molar-refractivity contribution in [1.29, 1.82) is 0 Å². The second-order valence-electron chi connectivity index (χ2n) is 3.55. The quantitative estimate of drug-likeness (QED) is 0.722. The fourth-order valence-corrected chi connectivity index (χ4v) is 2.22. The van der Waals surface area contributed by atoms with Gasteiger partial charge in [-0.3, -0.25) is 4.79 Å². The summed E-state index contributed by atoms with van der Waals surface area (Å²) < 4.78 is 6.30. The summed E-state index contributed by atoms with van der Waals surface area (Å²) in [6.45, 7) is 0. The molecule has 5 nitrogen and oxygen atoms in total. The second-order valence-corrected chi connectivity index (χ2v) is 5.58. The van der Waals surface area contributed by atoms with E-state index in [1.165, 1.54) is 12.1 Å². The van der Waals surface area contributed by atoms with Gasteiger partial charge in [0.05, 0.1) is 11.3 Å². The predicted molar refractivity (Wildman–Crippen MR) is 80.5 cm³/mol. The number of amides is 1. The van der Waals surface area contributed by atoms with Crippen molar-refractivity contribution in [3.63, 3.8) is 0 Å². The second kappa shape index (κ2) is 5.74. The number of aromatic carboxylic acids is 1. The molecule has 1 aromatic heterocycles. The van der Waals surface area contributed by atoms with Crippen LogP contribution in [0.5, 0.6) is 0 Å². The maximum absolute atomic E-state index is 11.9. The molecule has 0 saturated heterocycles. The van der Waals surface area contributed by atoms with Crippen LogP contribution in [0.15, 0.2) is 39.4 Å². The van der Waals surface area contributed by atoms with E-state index in [2.05, 4.69) is 21.2 Å². The number of anilines is 1. The summed E-state index contributed by atoms with van der Waals surface area (Å²) in [5.41, 5.74) is 0.260. The van der Waals surface area contributed by atoms with E-state index in [0.29, 0.717) is 4.67 Å². The van der Waals surface area contributed by atoms with Crippen LogP contribution < -0.4 is 5.32 Å². The van der Waals surface area contributed by atoms with E-state index in [0.717, 1.165) is 3.57 Å². The van der Waals surface area contributed by atoms with Crippen LogP contribution in [0, 0.1) is 3.57 Å². The van der Waals surface area contributed by atoms with Crippen molar-refractivity contribution in [3.8, 4) is 0 Å². The summed E-state index contributed by atoms with van der Waals surface area (Å²) in [6.07, 6.45) is 0. The lowest BCUT2D eigenvalue weighted by Crippen LogP contribution is -2.14. The van der Waals surface area contributed by atoms with Crippen LogP contribution in [0.3, 0.4) is 0 Å². The Morgan fingerprint density at radius 1 is 1.26 bits per heavy atom. The number of rotatable bonds is 3. The van der Waals surface area contributed by atoms with Gasteiger partial charge in [-0.05, 0) is 68.9 Å². The van der Waals surface area contributed by atoms with Gasteiger partial charge in [0.25, 0.3) is 5.91 Å². The highest BCUT2D eigenvalue weighted by molar-refractivity contribution is 14.1. The molecule has 0 aliphatic rings. The number of furan rings is 1. The Labute approximate surface area is 130 Å². The van der Waals surface area contributed by atoms with Gasteiger partial charge in [-0.15, -0.1) is 0 Å². The van der Waals surface area contributed by atoms with E-state index in [1.807, 2.05) is 22.6 Å². The largest absolute Gasteiger partial charge is 0.478 e. The van der Waals surface area contributed by atoms with E-state index in [-0.39, 0.29) is 17.0 Å². The van der Waals surface area contributed by atoms with Crippen LogP contribution in [0.4, 0.5) is 5.69 Å². The maximum atomic E-state index is 11.9. The average molecular weight is 436 g/mol. The fraction of sp³-hybridized carbons (Fsp3) is 0. The van der Waals surface area contributed by atoms with Crippen molar-refractivity contribution < 1.29 is 19.1 Å². The number of hydrogen-bond acceptors (Lipinski definition) is 3. The van der Waals surface area contributed by atoms with Crippen LogP contribution in [-0.4, -0.2) is 17.0 Å². The Bertz CT molecular complexity index is 653. The fourth-order valence-electron chi connectivity index (χ4n) is 1.42. The Kier molecular flexibility index (Phi) is 4.25. The summed E-state index contributed by atoms with van der Waals surface area (Å²) >= 11 is 5.09. The van der Waals surface area contributed by atoms with Crippen LogP contribution >= 0.6 is 38.5 Å². The number of benzene rings is 1. The van der Waals surface area contributed by atoms with Gasteiger partial charge in [-0.2, -0.15) is 0 Å². The first-order valence-corrected chi connectivity index (χ1v) is 6.94. The zero-order valence-electron chi connectivity index (χ0n) is 9.31. The summed E-state index contributed by atoms with van der Waals surface area (Å²) in [7, 11) is 0. The number of carboxylic acids is 1. The lowest BCUT2D eigenvalue weighted by Gasteiger charge is -2.07. The molecule has 0 spiro atoms. The van der Waals surface area contributed by atoms with Gasteiger partial charge in [0, 0.05) is 3.57 Å². The number of carbonyl (C=O) groups is 2. The third-order valence-corrected chi connectivity index (χ3v) is 3.35. The molecular weight excluding hydrogens is 429 g/mol. The van der Waals surface area contributed by atoms with Crippen molar-refractivity contribution in [3.05, 3.63) is 49.9 Å². The van der Waals surface area contributed by atoms with Gasteiger partial charge >= 0.3 is 5.97 Å². The number of carbonyl (C=O) groups excluding carboxylic acids is 1. The first-order valence-electron chi connectivity index (χ1n) is 5.07. The Hall–Kier alpha value is -1.35. The third kappa shape index (κ3) is 3.35. The molecule has 98 valence electrons. The topological polar surface area (TPSA) is 79.5 Å². The molecule has 0 bridgehead atoms. The molecule has 0 saturated carbocycles. The Morgan fingerprint density at radius 3 is 2.58 bits per heavy atom. The van der Waals surface area contributed by atoms with E-state index in [4.69, 9.17) is 9.52 Å². The first-order chi connectivity index (χ1) is 8.97. The number of carboxylic acid groups (broad SMARTS) is 1. The van der Waals surface area contributed by atoms with Gasteiger partial charge in [0.2, 0.25) is 0 Å². The van der Waals surface area contributed by atoms with Crippen molar-refractivity contribution >= 4 is 56.1 Å². The van der Waals surface area contributed by atoms with Crippen LogP contribution in [0.2, 0.25) is 0 Å². The molecule has 1 amide bonds. The molecule has 1 aromatic carbocycles. The van der Waals surface area contributed by atoms with Gasteiger partial charge < -0.3 is 14.8 Å². The Balaban J connectivity index is 2.28. The van der Waals surface area contributed by atoms with Crippen molar-refractivity contribution in [1.82, 2.24) is 0 Å². The first kappa shape index (κ1) is 14.1. The van der Waals surface area contributed by atoms with E-state index in [1.54, 1.807) is 18.2 Å². The van der Waals surface area contributed by atoms with Gasteiger partial charge in [-0.1, -0.05) is 0 Å². The van der Waals surface area contributed by atoms with E-state index >= 15 is 0 Å². The summed E-state index contributed by atoms with van der Waals surface area (Å²) in [6, 6.07) is 7.81. The van der Waals surface area contributed by atoms with Crippen molar-refractivity contribution in [2.45, 2.75) is 0 Å². The smallest absolute Gasteiger partial charge is 0.337 e. The molecule has 7 heteroatoms. The summed E-state index contributed by atoms with van der Waals surface area (Å²) in [5, 5.41) is 11.6. The molecule has 0 unspecified atom stereocenters. The normalized spacial score (nSPS) is 10.2. The minimum atomic E-state index is -1.10. The minimum Gasteiger partial charge on any atom is -0.478 e. The Morgan fingerprint density at radius 2 is 2.00 bits per heavy atom. The standard InChI is InChI=1S/C12H7BrINO4/c13-10-4-3-9(19-10)11(16)15-8-2-1-6(14)5-7(8)12(17)18/h1-5H,(H,15,16)(H,17,18). The number of halogens is 2. The SMILES string of the molecule is O=C(Nc1ccc(I)cc1C(=O)O)c1ccc(Br)o1. The highest BCUT2D eigenvalue weighted by atomic mass is 127. The lowest BCUT2D eigenvalue weighted by atomic mass is 10.2. The molecule has 1 heterocycles. The monoisotopic (exact) mass is 435 g/mol. The molecule has 2 aromatic rings. The van der Waals surface area contributed by atoms with Gasteiger partial charge in [-0.25, -0.2) is 4.79 Å².